The molecule has 21 heavy (non-hydrogen) atoms. The van der Waals surface area contributed by atoms with Crippen molar-refractivity contribution in [3.05, 3.63) is 47.4 Å². The average Bonchev–Trinajstić information content (AvgIpc) is 2.86. The van der Waals surface area contributed by atoms with Gasteiger partial charge in [0.15, 0.2) is 0 Å². The average molecular weight is 283 g/mol. The summed E-state index contributed by atoms with van der Waals surface area (Å²) in [4.78, 5) is 7.32. The van der Waals surface area contributed by atoms with Gasteiger partial charge in [0.05, 0.1) is 0 Å². The van der Waals surface area contributed by atoms with Crippen molar-refractivity contribution in [2.24, 2.45) is 0 Å². The van der Waals surface area contributed by atoms with E-state index in [0.29, 0.717) is 6.04 Å². The first-order valence-electron chi connectivity index (χ1n) is 8.06. The Kier molecular flexibility index (Phi) is 4.11. The number of pyridine rings is 1. The summed E-state index contributed by atoms with van der Waals surface area (Å²) in [7, 11) is 0. The van der Waals surface area contributed by atoms with Crippen LogP contribution >= 0.6 is 0 Å². The van der Waals surface area contributed by atoms with Crippen LogP contribution in [0.3, 0.4) is 0 Å². The molecule has 1 atom stereocenters. The molecule has 0 spiro atoms. The highest BCUT2D eigenvalue weighted by Crippen LogP contribution is 2.34. The number of hydrogen-bond donors (Lipinski definition) is 0. The third kappa shape index (κ3) is 2.62. The van der Waals surface area contributed by atoms with Crippen LogP contribution in [-0.4, -0.2) is 27.5 Å². The minimum atomic E-state index is 0.508. The van der Waals surface area contributed by atoms with E-state index < -0.39 is 0 Å². The van der Waals surface area contributed by atoms with E-state index in [-0.39, 0.29) is 0 Å². The first-order valence-corrected chi connectivity index (χ1v) is 8.06. The number of aryl methyl sites for hydroxylation is 2. The van der Waals surface area contributed by atoms with Gasteiger partial charge in [-0.05, 0) is 58.0 Å². The Hall–Kier alpha value is -1.61. The predicted molar refractivity (Wildman–Crippen MR) is 86.9 cm³/mol. The molecule has 3 heterocycles. The Bertz CT molecular complexity index is 595. The molecular weight excluding hydrogens is 258 g/mol. The van der Waals surface area contributed by atoms with Crippen LogP contribution in [0.2, 0.25) is 0 Å². The summed E-state index contributed by atoms with van der Waals surface area (Å²) >= 11 is 0. The Morgan fingerprint density at radius 1 is 1.14 bits per heavy atom. The molecule has 0 amide bonds. The second kappa shape index (κ2) is 6.02. The molecule has 3 heteroatoms. The molecule has 112 valence electrons. The quantitative estimate of drug-likeness (QED) is 0.848. The largest absolute Gasteiger partial charge is 0.303 e. The van der Waals surface area contributed by atoms with Gasteiger partial charge in [0.25, 0.3) is 0 Å². The molecule has 0 bridgehead atoms. The molecule has 0 N–H and O–H groups in total. The number of rotatable bonds is 3. The van der Waals surface area contributed by atoms with Gasteiger partial charge in [-0.1, -0.05) is 19.4 Å². The molecule has 2 aromatic heterocycles. The summed E-state index contributed by atoms with van der Waals surface area (Å²) in [6.07, 6.45) is 5.80. The number of aromatic nitrogens is 2. The van der Waals surface area contributed by atoms with E-state index in [1.807, 2.05) is 6.20 Å². The first kappa shape index (κ1) is 14.3. The molecule has 0 radical (unpaired) electrons. The Labute approximate surface area is 127 Å². The van der Waals surface area contributed by atoms with Crippen molar-refractivity contribution in [2.75, 3.05) is 13.1 Å². The van der Waals surface area contributed by atoms with Gasteiger partial charge in [-0.3, -0.25) is 4.90 Å². The Balaban J connectivity index is 2.08. The number of nitrogens with zero attached hydrogens (tertiary/aromatic N) is 3. The minimum absolute atomic E-state index is 0.508. The van der Waals surface area contributed by atoms with Crippen molar-refractivity contribution in [1.29, 1.82) is 0 Å². The van der Waals surface area contributed by atoms with E-state index in [2.05, 4.69) is 54.5 Å². The fourth-order valence-electron chi connectivity index (χ4n) is 3.58. The lowest BCUT2D eigenvalue weighted by Crippen LogP contribution is -2.34. The van der Waals surface area contributed by atoms with Gasteiger partial charge >= 0.3 is 0 Å². The highest BCUT2D eigenvalue weighted by atomic mass is 15.2. The van der Waals surface area contributed by atoms with Gasteiger partial charge in [0.2, 0.25) is 0 Å². The molecule has 1 saturated heterocycles. The lowest BCUT2D eigenvalue weighted by Gasteiger charge is -2.36. The monoisotopic (exact) mass is 283 g/mol. The molecule has 0 unspecified atom stereocenters. The second-order valence-electron chi connectivity index (χ2n) is 6.01. The summed E-state index contributed by atoms with van der Waals surface area (Å²) in [6, 6.07) is 9.20. The third-order valence-electron chi connectivity index (χ3n) is 4.68. The van der Waals surface area contributed by atoms with Crippen molar-refractivity contribution in [1.82, 2.24) is 14.5 Å². The maximum Gasteiger partial charge on any atom is 0.141 e. The summed E-state index contributed by atoms with van der Waals surface area (Å²) < 4.78 is 2.29. The lowest BCUT2D eigenvalue weighted by atomic mass is 9.95. The van der Waals surface area contributed by atoms with Gasteiger partial charge in [0, 0.05) is 29.2 Å². The van der Waals surface area contributed by atoms with Gasteiger partial charge in [-0.2, -0.15) is 0 Å². The fourth-order valence-corrected chi connectivity index (χ4v) is 3.58. The highest BCUT2D eigenvalue weighted by molar-refractivity contribution is 5.40. The van der Waals surface area contributed by atoms with Gasteiger partial charge < -0.3 is 4.57 Å². The molecule has 3 rings (SSSR count). The van der Waals surface area contributed by atoms with Crippen LogP contribution in [0.15, 0.2) is 30.5 Å². The van der Waals surface area contributed by atoms with E-state index in [9.17, 15) is 0 Å². The normalized spacial score (nSPS) is 19.9. The van der Waals surface area contributed by atoms with E-state index in [0.717, 1.165) is 12.4 Å². The maximum absolute atomic E-state index is 4.72. The SMILES string of the molecule is CCN1CCCC[C@@H]1c1cccnc1-n1c(C)ccc1C. The van der Waals surface area contributed by atoms with E-state index in [1.54, 1.807) is 0 Å². The molecule has 3 nitrogen and oxygen atoms in total. The molecule has 1 aliphatic rings. The van der Waals surface area contributed by atoms with Gasteiger partial charge in [-0.15, -0.1) is 0 Å². The smallest absolute Gasteiger partial charge is 0.141 e. The molecule has 1 fully saturated rings. The van der Waals surface area contributed by atoms with Crippen LogP contribution in [0, 0.1) is 13.8 Å². The van der Waals surface area contributed by atoms with Crippen molar-refractivity contribution >= 4 is 0 Å². The highest BCUT2D eigenvalue weighted by Gasteiger charge is 2.26. The Morgan fingerprint density at radius 3 is 2.62 bits per heavy atom. The summed E-state index contributed by atoms with van der Waals surface area (Å²) in [6.45, 7) is 8.90. The molecule has 1 aliphatic heterocycles. The standard InChI is InChI=1S/C18H25N3/c1-4-20-13-6-5-9-17(20)16-8-7-12-19-18(16)21-14(2)10-11-15(21)3/h7-8,10-12,17H,4-6,9,13H2,1-3H3/t17-/m1/s1. The minimum Gasteiger partial charge on any atom is -0.303 e. The lowest BCUT2D eigenvalue weighted by molar-refractivity contribution is 0.157. The number of hydrogen-bond acceptors (Lipinski definition) is 2. The van der Waals surface area contributed by atoms with Gasteiger partial charge in [-0.25, -0.2) is 4.98 Å². The van der Waals surface area contributed by atoms with Crippen LogP contribution < -0.4 is 0 Å². The second-order valence-corrected chi connectivity index (χ2v) is 6.01. The van der Waals surface area contributed by atoms with Crippen LogP contribution in [-0.2, 0) is 0 Å². The number of likely N-dealkylation sites (tertiary alicyclic amines) is 1. The zero-order valence-electron chi connectivity index (χ0n) is 13.3. The first-order chi connectivity index (χ1) is 10.2. The van der Waals surface area contributed by atoms with Crippen LogP contribution in [0.4, 0.5) is 0 Å². The third-order valence-corrected chi connectivity index (χ3v) is 4.68. The molecule has 0 saturated carbocycles. The maximum atomic E-state index is 4.72. The molecule has 0 aliphatic carbocycles. The predicted octanol–water partition coefficient (Wildman–Crippen LogP) is 4.04. The van der Waals surface area contributed by atoms with E-state index >= 15 is 0 Å². The van der Waals surface area contributed by atoms with Crippen LogP contribution in [0.1, 0.15) is 49.2 Å². The van der Waals surface area contributed by atoms with Crippen molar-refractivity contribution < 1.29 is 0 Å². The number of piperidine rings is 1. The molecule has 2 aromatic rings. The fraction of sp³-hybridized carbons (Fsp3) is 0.500. The van der Waals surface area contributed by atoms with Crippen LogP contribution in [0.25, 0.3) is 5.82 Å². The summed E-state index contributed by atoms with van der Waals surface area (Å²) in [5.74, 6) is 1.11. The van der Waals surface area contributed by atoms with Crippen LogP contribution in [0.5, 0.6) is 0 Å². The zero-order chi connectivity index (χ0) is 14.8. The van der Waals surface area contributed by atoms with Gasteiger partial charge in [0.1, 0.15) is 5.82 Å². The van der Waals surface area contributed by atoms with Crippen molar-refractivity contribution in [3.63, 3.8) is 0 Å². The van der Waals surface area contributed by atoms with Crippen molar-refractivity contribution in [3.8, 4) is 5.82 Å². The molecule has 0 aromatic carbocycles. The zero-order valence-corrected chi connectivity index (χ0v) is 13.3. The Morgan fingerprint density at radius 2 is 1.90 bits per heavy atom. The van der Waals surface area contributed by atoms with E-state index in [4.69, 9.17) is 4.98 Å². The molecular formula is C18H25N3. The summed E-state index contributed by atoms with van der Waals surface area (Å²) in [5, 5.41) is 0. The van der Waals surface area contributed by atoms with Crippen molar-refractivity contribution in [2.45, 2.75) is 46.1 Å². The van der Waals surface area contributed by atoms with E-state index in [1.165, 1.54) is 42.8 Å². The summed E-state index contributed by atoms with van der Waals surface area (Å²) in [5.41, 5.74) is 3.89. The topological polar surface area (TPSA) is 21.1 Å².